The molecule has 6 nitrogen and oxygen atoms in total. The molecule has 0 N–H and O–H groups in total. The molecule has 0 amide bonds. The minimum Gasteiger partial charge on any atom is -0.469 e. The molecule has 0 rings (SSSR count). The molecule has 0 aromatic carbocycles. The molecule has 0 spiro atoms. The van der Waals surface area contributed by atoms with E-state index in [0.29, 0.717) is 16.7 Å². The summed E-state index contributed by atoms with van der Waals surface area (Å²) in [5.41, 5.74) is 0.322. The van der Waals surface area contributed by atoms with Gasteiger partial charge in [-0.25, -0.2) is 14.6 Å². The van der Waals surface area contributed by atoms with Crippen LogP contribution in [0.5, 0.6) is 0 Å². The van der Waals surface area contributed by atoms with Crippen molar-refractivity contribution in [3.05, 3.63) is 10.1 Å². The van der Waals surface area contributed by atoms with Crippen LogP contribution in [-0.2, 0) is 28.8 Å². The van der Waals surface area contributed by atoms with Gasteiger partial charge in [0.25, 0.3) is 0 Å². The average Bonchev–Trinajstić information content (AvgIpc) is 2.38. The Morgan fingerprint density at radius 3 is 2.22 bits per heavy atom. The van der Waals surface area contributed by atoms with Gasteiger partial charge in [-0.05, 0) is 13.3 Å². The Morgan fingerprint density at radius 2 is 1.72 bits per heavy atom. The van der Waals surface area contributed by atoms with Crippen molar-refractivity contribution in [3.63, 3.8) is 0 Å². The average molecular weight is 325 g/mol. The van der Waals surface area contributed by atoms with Gasteiger partial charge in [-0.2, -0.15) is 0 Å². The van der Waals surface area contributed by atoms with E-state index in [1.807, 2.05) is 0 Å². The highest BCUT2D eigenvalue weighted by Crippen LogP contribution is 2.19. The quantitative estimate of drug-likeness (QED) is 0.223. The summed E-state index contributed by atoms with van der Waals surface area (Å²) in [6.07, 6.45) is 0.292. The second kappa shape index (κ2) is 10.0. The molecule has 7 heteroatoms. The smallest absolute Gasteiger partial charge is 0.334 e. The number of hydrogen-bond donors (Lipinski definition) is 0. The number of halogens is 1. The van der Waals surface area contributed by atoms with Gasteiger partial charge in [0.1, 0.15) is 6.61 Å². The van der Waals surface area contributed by atoms with Crippen LogP contribution in [0.2, 0.25) is 0 Å². The van der Waals surface area contributed by atoms with Crippen molar-refractivity contribution in [1.29, 1.82) is 0 Å². The van der Waals surface area contributed by atoms with Crippen molar-refractivity contribution in [2.45, 2.75) is 19.8 Å². The monoisotopic (exact) mass is 324 g/mol. The predicted molar refractivity (Wildman–Crippen MR) is 66.8 cm³/mol. The van der Waals surface area contributed by atoms with E-state index in [-0.39, 0.29) is 19.4 Å². The van der Waals surface area contributed by atoms with Gasteiger partial charge in [0.05, 0.1) is 26.4 Å². The Bertz CT molecular complexity index is 313. The van der Waals surface area contributed by atoms with Crippen molar-refractivity contribution in [1.82, 2.24) is 0 Å². The van der Waals surface area contributed by atoms with Crippen molar-refractivity contribution >= 4 is 27.9 Å². The van der Waals surface area contributed by atoms with Crippen LogP contribution in [-0.4, -0.2) is 39.4 Å². The molecule has 0 aromatic heterocycles. The molecule has 104 valence electrons. The molecule has 0 saturated carbocycles. The van der Waals surface area contributed by atoms with Crippen molar-refractivity contribution < 1.29 is 28.8 Å². The summed E-state index contributed by atoms with van der Waals surface area (Å²) in [4.78, 5) is 32.1. The van der Waals surface area contributed by atoms with Crippen LogP contribution in [0.3, 0.4) is 0 Å². The fraction of sp³-hybridized carbons (Fsp3) is 0.636. The summed E-state index contributed by atoms with van der Waals surface area (Å²) in [6, 6.07) is 0. The molecule has 0 aliphatic heterocycles. The van der Waals surface area contributed by atoms with Crippen LogP contribution >= 0.6 is 15.9 Å². The molecule has 0 radical (unpaired) electrons. The minimum absolute atomic E-state index is 0.0689. The first-order valence-electron chi connectivity index (χ1n) is 5.33. The van der Waals surface area contributed by atoms with E-state index in [0.717, 1.165) is 0 Å². The summed E-state index contributed by atoms with van der Waals surface area (Å²) in [7, 11) is 2.56. The summed E-state index contributed by atoms with van der Waals surface area (Å²) >= 11 is 3.21. The Balaban J connectivity index is 4.58. The van der Waals surface area contributed by atoms with Crippen molar-refractivity contribution in [2.24, 2.45) is 0 Å². The van der Waals surface area contributed by atoms with Gasteiger partial charge in [0, 0.05) is 10.9 Å². The molecular formula is C11H17BrO6. The fourth-order valence-electron chi connectivity index (χ4n) is 1.06. The molecule has 0 bridgehead atoms. The Kier molecular flexibility index (Phi) is 9.53. The van der Waals surface area contributed by atoms with E-state index < -0.39 is 11.9 Å². The van der Waals surface area contributed by atoms with Gasteiger partial charge in [-0.1, -0.05) is 15.9 Å². The van der Waals surface area contributed by atoms with Crippen LogP contribution < -0.4 is 0 Å². The number of methoxy groups -OCH3 is 2. The first-order chi connectivity index (χ1) is 8.56. The molecule has 0 unspecified atom stereocenters. The van der Waals surface area contributed by atoms with Crippen LogP contribution in [0.1, 0.15) is 19.8 Å². The first-order valence-corrected chi connectivity index (χ1v) is 6.13. The topological polar surface area (TPSA) is 71.1 Å². The van der Waals surface area contributed by atoms with Gasteiger partial charge >= 0.3 is 11.9 Å². The second-order valence-electron chi connectivity index (χ2n) is 3.12. The molecule has 0 aliphatic carbocycles. The third kappa shape index (κ3) is 6.73. The lowest BCUT2D eigenvalue weighted by atomic mass is 10.1. The molecule has 0 aromatic rings. The lowest BCUT2D eigenvalue weighted by molar-refractivity contribution is -0.283. The van der Waals surface area contributed by atoms with Crippen molar-refractivity contribution in [3.8, 4) is 0 Å². The Morgan fingerprint density at radius 1 is 1.06 bits per heavy atom. The van der Waals surface area contributed by atoms with Gasteiger partial charge in [-0.15, -0.1) is 0 Å². The summed E-state index contributed by atoms with van der Waals surface area (Å²) in [6.45, 7) is 2.24. The second-order valence-corrected chi connectivity index (χ2v) is 4.08. The Labute approximate surface area is 114 Å². The molecule has 0 fully saturated rings. The van der Waals surface area contributed by atoms with Gasteiger partial charge in [-0.3, -0.25) is 4.79 Å². The molecule has 0 heterocycles. The zero-order valence-corrected chi connectivity index (χ0v) is 12.2. The summed E-state index contributed by atoms with van der Waals surface area (Å²) in [5, 5.41) is 0. The van der Waals surface area contributed by atoms with E-state index in [4.69, 9.17) is 9.78 Å². The standard InChI is InChI=1S/C11H17BrO6/c1-4-17-18-7-9(12)8(11(14)16-3)5-6-10(13)15-2/h4-7H2,1-3H3. The lowest BCUT2D eigenvalue weighted by Crippen LogP contribution is -2.11. The molecule has 0 saturated heterocycles. The van der Waals surface area contributed by atoms with Crippen LogP contribution in [0.4, 0.5) is 0 Å². The van der Waals surface area contributed by atoms with E-state index >= 15 is 0 Å². The van der Waals surface area contributed by atoms with Gasteiger partial charge in [0.15, 0.2) is 0 Å². The van der Waals surface area contributed by atoms with E-state index in [1.165, 1.54) is 14.2 Å². The summed E-state index contributed by atoms with van der Waals surface area (Å²) < 4.78 is 9.62. The maximum Gasteiger partial charge on any atom is 0.334 e. The van der Waals surface area contributed by atoms with Crippen LogP contribution in [0.25, 0.3) is 0 Å². The molecule has 18 heavy (non-hydrogen) atoms. The fourth-order valence-corrected chi connectivity index (χ4v) is 1.52. The minimum atomic E-state index is -0.522. The lowest BCUT2D eigenvalue weighted by Gasteiger charge is -2.08. The summed E-state index contributed by atoms with van der Waals surface area (Å²) in [5.74, 6) is -0.923. The van der Waals surface area contributed by atoms with E-state index in [9.17, 15) is 9.59 Å². The third-order valence-electron chi connectivity index (χ3n) is 1.95. The molecule has 0 aliphatic rings. The van der Waals surface area contributed by atoms with Crippen LogP contribution in [0, 0.1) is 0 Å². The first kappa shape index (κ1) is 17.1. The van der Waals surface area contributed by atoms with Crippen LogP contribution in [0.15, 0.2) is 10.1 Å². The number of rotatable bonds is 8. The SMILES string of the molecule is CCOOCC(Br)=C(CCC(=O)OC)C(=O)OC. The number of carbonyl (C=O) groups is 2. The van der Waals surface area contributed by atoms with Crippen molar-refractivity contribution in [2.75, 3.05) is 27.4 Å². The normalized spacial score (nSPS) is 11.8. The predicted octanol–water partition coefficient (Wildman–Crippen LogP) is 1.73. The highest BCUT2D eigenvalue weighted by atomic mass is 79.9. The number of carbonyl (C=O) groups excluding carboxylic acids is 2. The maximum atomic E-state index is 11.5. The van der Waals surface area contributed by atoms with E-state index in [1.54, 1.807) is 6.92 Å². The largest absolute Gasteiger partial charge is 0.469 e. The van der Waals surface area contributed by atoms with E-state index in [2.05, 4.69) is 25.4 Å². The highest BCUT2D eigenvalue weighted by molar-refractivity contribution is 9.11. The van der Waals surface area contributed by atoms with Gasteiger partial charge < -0.3 is 9.47 Å². The number of esters is 2. The zero-order valence-electron chi connectivity index (χ0n) is 10.7. The number of ether oxygens (including phenoxy) is 2. The number of hydrogen-bond acceptors (Lipinski definition) is 6. The van der Waals surface area contributed by atoms with Gasteiger partial charge in [0.2, 0.25) is 0 Å². The maximum absolute atomic E-state index is 11.5. The Hall–Kier alpha value is -0.920. The third-order valence-corrected chi connectivity index (χ3v) is 2.66. The zero-order chi connectivity index (χ0) is 14.0. The molecular weight excluding hydrogens is 308 g/mol. The highest BCUT2D eigenvalue weighted by Gasteiger charge is 2.16. The molecule has 0 atom stereocenters.